The summed E-state index contributed by atoms with van der Waals surface area (Å²) in [6, 6.07) is 3.93. The van der Waals surface area contributed by atoms with Crippen molar-refractivity contribution >= 4 is 45.3 Å². The highest BCUT2D eigenvalue weighted by molar-refractivity contribution is 7.86. The van der Waals surface area contributed by atoms with Gasteiger partial charge in [-0.2, -0.15) is 22.8 Å². The zero-order valence-corrected chi connectivity index (χ0v) is 20.8. The van der Waals surface area contributed by atoms with E-state index in [2.05, 4.69) is 44.5 Å². The monoisotopic (exact) mass is 508 g/mol. The molecule has 2 aliphatic heterocycles. The molecule has 1 atom stereocenters. The third-order valence-electron chi connectivity index (χ3n) is 6.38. The Labute approximate surface area is 204 Å². The van der Waals surface area contributed by atoms with Crippen molar-refractivity contribution in [3.8, 4) is 5.75 Å². The topological polar surface area (TPSA) is 132 Å². The van der Waals surface area contributed by atoms with E-state index in [1.54, 1.807) is 24.2 Å². The standard InChI is InChI=1S/C21H28N8O3S.ClH/c1-27-7-5-14-9-19(32-2)18(8-15(14)12-27)25-21-23-10-16-11-24-28(20(16)26-21)13-17-4-3-6-29(17)33(22,30)31;/h8-11,17H,3-7,12-13H2,1-2H3,(H2,22,30,31)(H,23,25,26);1H/t17-;/m0./s1. The van der Waals surface area contributed by atoms with Crippen LogP contribution < -0.4 is 15.2 Å². The first kappa shape index (κ1) is 24.6. The number of hydrogen-bond donors (Lipinski definition) is 2. The Bertz CT molecular complexity index is 1300. The van der Waals surface area contributed by atoms with E-state index in [1.165, 1.54) is 15.4 Å². The van der Waals surface area contributed by atoms with Gasteiger partial charge in [-0.3, -0.25) is 0 Å². The minimum absolute atomic E-state index is 0. The highest BCUT2D eigenvalue weighted by Gasteiger charge is 2.32. The first-order chi connectivity index (χ1) is 15.8. The number of benzene rings is 1. The van der Waals surface area contributed by atoms with Gasteiger partial charge in [0.25, 0.3) is 10.2 Å². The average molecular weight is 509 g/mol. The fraction of sp³-hybridized carbons (Fsp3) is 0.476. The molecule has 0 unspecified atom stereocenters. The van der Waals surface area contributed by atoms with Gasteiger partial charge >= 0.3 is 0 Å². The van der Waals surface area contributed by atoms with Gasteiger partial charge in [0.15, 0.2) is 5.65 Å². The Morgan fingerprint density at radius 2 is 2.06 bits per heavy atom. The molecule has 0 radical (unpaired) electrons. The van der Waals surface area contributed by atoms with Crippen LogP contribution in [-0.4, -0.2) is 70.7 Å². The number of nitrogens with two attached hydrogens (primary N) is 1. The van der Waals surface area contributed by atoms with Crippen LogP contribution in [0.2, 0.25) is 0 Å². The van der Waals surface area contributed by atoms with Crippen LogP contribution in [0.5, 0.6) is 5.75 Å². The van der Waals surface area contributed by atoms with Crippen LogP contribution in [0.25, 0.3) is 11.0 Å². The van der Waals surface area contributed by atoms with E-state index in [0.717, 1.165) is 49.2 Å². The van der Waals surface area contributed by atoms with Gasteiger partial charge in [-0.1, -0.05) is 0 Å². The fourth-order valence-corrected chi connectivity index (χ4v) is 5.67. The van der Waals surface area contributed by atoms with Crippen molar-refractivity contribution in [3.63, 3.8) is 0 Å². The number of aromatic nitrogens is 4. The smallest absolute Gasteiger partial charge is 0.277 e. The number of anilines is 2. The number of methoxy groups -OCH3 is 1. The molecular weight excluding hydrogens is 480 g/mol. The molecule has 3 N–H and O–H groups in total. The van der Waals surface area contributed by atoms with Crippen LogP contribution in [0.3, 0.4) is 0 Å². The second-order valence-corrected chi connectivity index (χ2v) is 10.2. The number of likely N-dealkylation sites (N-methyl/N-ethyl adjacent to an activating group) is 1. The molecule has 1 aromatic carbocycles. The van der Waals surface area contributed by atoms with Crippen LogP contribution in [0.15, 0.2) is 24.5 Å². The van der Waals surface area contributed by atoms with Gasteiger partial charge in [0, 0.05) is 31.9 Å². The fourth-order valence-electron chi connectivity index (χ4n) is 4.70. The second-order valence-electron chi connectivity index (χ2n) is 8.68. The summed E-state index contributed by atoms with van der Waals surface area (Å²) in [4.78, 5) is 11.4. The van der Waals surface area contributed by atoms with Crippen molar-refractivity contribution in [2.75, 3.05) is 32.6 Å². The Morgan fingerprint density at radius 3 is 2.82 bits per heavy atom. The van der Waals surface area contributed by atoms with Gasteiger partial charge in [0.2, 0.25) is 5.95 Å². The molecule has 11 nitrogen and oxygen atoms in total. The summed E-state index contributed by atoms with van der Waals surface area (Å²) >= 11 is 0. The number of nitrogens with one attached hydrogen (secondary N) is 1. The number of nitrogens with zero attached hydrogens (tertiary/aromatic N) is 6. The largest absolute Gasteiger partial charge is 0.495 e. The molecule has 5 rings (SSSR count). The first-order valence-corrected chi connectivity index (χ1v) is 12.5. The normalized spacial score (nSPS) is 19.1. The second kappa shape index (κ2) is 9.62. The zero-order valence-electron chi connectivity index (χ0n) is 19.1. The molecule has 2 aliphatic rings. The highest BCUT2D eigenvalue weighted by Crippen LogP contribution is 2.33. The number of hydrogen-bond acceptors (Lipinski definition) is 8. The SMILES string of the molecule is COc1cc2c(cc1Nc1ncc3cnn(C[C@@H]4CCCN4S(N)(=O)=O)c3n1)CN(C)CC2.Cl. The molecular formula is C21H29ClN8O3S. The Kier molecular flexibility index (Phi) is 6.97. The van der Waals surface area contributed by atoms with Crippen molar-refractivity contribution in [1.29, 1.82) is 0 Å². The lowest BCUT2D eigenvalue weighted by molar-refractivity contribution is 0.312. The summed E-state index contributed by atoms with van der Waals surface area (Å²) in [5.74, 6) is 1.16. The van der Waals surface area contributed by atoms with Crippen LogP contribution in [0.1, 0.15) is 24.0 Å². The van der Waals surface area contributed by atoms with E-state index < -0.39 is 10.2 Å². The average Bonchev–Trinajstić information content (AvgIpc) is 3.41. The molecule has 2 aromatic heterocycles. The maximum Gasteiger partial charge on any atom is 0.277 e. The van der Waals surface area contributed by atoms with Crippen LogP contribution in [-0.2, 0) is 29.7 Å². The van der Waals surface area contributed by atoms with E-state index in [9.17, 15) is 8.42 Å². The summed E-state index contributed by atoms with van der Waals surface area (Å²) in [6.45, 7) is 2.71. The molecule has 3 aromatic rings. The van der Waals surface area contributed by atoms with E-state index >= 15 is 0 Å². The lowest BCUT2D eigenvalue weighted by atomic mass is 9.99. The van der Waals surface area contributed by atoms with E-state index in [4.69, 9.17) is 9.88 Å². The predicted molar refractivity (Wildman–Crippen MR) is 132 cm³/mol. The van der Waals surface area contributed by atoms with Gasteiger partial charge in [-0.25, -0.2) is 14.8 Å². The molecule has 0 amide bonds. The summed E-state index contributed by atoms with van der Waals surface area (Å²) in [7, 11) is 0.0170. The van der Waals surface area contributed by atoms with Crippen LogP contribution >= 0.6 is 12.4 Å². The number of rotatable bonds is 6. The molecule has 0 aliphatic carbocycles. The van der Waals surface area contributed by atoms with Crippen molar-refractivity contribution in [3.05, 3.63) is 35.7 Å². The van der Waals surface area contributed by atoms with E-state index in [0.29, 0.717) is 24.7 Å². The Balaban J connectivity index is 0.00000274. The van der Waals surface area contributed by atoms with Crippen molar-refractivity contribution in [2.24, 2.45) is 5.14 Å². The number of fused-ring (bicyclic) bond motifs is 2. The quantitative estimate of drug-likeness (QED) is 0.514. The molecule has 34 heavy (non-hydrogen) atoms. The third kappa shape index (κ3) is 4.82. The molecule has 0 spiro atoms. The van der Waals surface area contributed by atoms with Crippen LogP contribution in [0.4, 0.5) is 11.6 Å². The molecule has 1 fully saturated rings. The lowest BCUT2D eigenvalue weighted by Gasteiger charge is -2.26. The minimum atomic E-state index is -3.75. The van der Waals surface area contributed by atoms with Gasteiger partial charge in [-0.15, -0.1) is 12.4 Å². The van der Waals surface area contributed by atoms with Gasteiger partial charge in [0.05, 0.1) is 30.9 Å². The number of ether oxygens (including phenoxy) is 1. The highest BCUT2D eigenvalue weighted by atomic mass is 35.5. The maximum absolute atomic E-state index is 11.9. The van der Waals surface area contributed by atoms with Crippen LogP contribution in [0, 0.1) is 0 Å². The van der Waals surface area contributed by atoms with Gasteiger partial charge < -0.3 is 15.0 Å². The van der Waals surface area contributed by atoms with Crippen molar-refractivity contribution in [1.82, 2.24) is 29.0 Å². The molecule has 184 valence electrons. The Hall–Kier alpha value is -2.51. The number of halogens is 1. The zero-order chi connectivity index (χ0) is 23.2. The molecule has 1 saturated heterocycles. The first-order valence-electron chi connectivity index (χ1n) is 11.0. The molecule has 0 saturated carbocycles. The molecule has 0 bridgehead atoms. The van der Waals surface area contributed by atoms with Crippen molar-refractivity contribution in [2.45, 2.75) is 38.4 Å². The third-order valence-corrected chi connectivity index (χ3v) is 7.52. The van der Waals surface area contributed by atoms with Crippen molar-refractivity contribution < 1.29 is 13.2 Å². The summed E-state index contributed by atoms with van der Waals surface area (Å²) in [5, 5.41) is 13.9. The minimum Gasteiger partial charge on any atom is -0.495 e. The Morgan fingerprint density at radius 1 is 1.24 bits per heavy atom. The summed E-state index contributed by atoms with van der Waals surface area (Å²) < 4.78 is 32.5. The summed E-state index contributed by atoms with van der Waals surface area (Å²) in [5.41, 5.74) is 3.97. The van der Waals surface area contributed by atoms with Gasteiger partial charge in [-0.05, 0) is 49.6 Å². The lowest BCUT2D eigenvalue weighted by Crippen LogP contribution is -2.42. The summed E-state index contributed by atoms with van der Waals surface area (Å²) in [6.07, 6.45) is 5.88. The molecule has 4 heterocycles. The maximum atomic E-state index is 11.9. The molecule has 13 heteroatoms. The van der Waals surface area contributed by atoms with E-state index in [-0.39, 0.29) is 18.4 Å². The van der Waals surface area contributed by atoms with E-state index in [1.807, 2.05) is 0 Å². The van der Waals surface area contributed by atoms with Gasteiger partial charge in [0.1, 0.15) is 5.75 Å². The predicted octanol–water partition coefficient (Wildman–Crippen LogP) is 1.66.